The van der Waals surface area contributed by atoms with E-state index < -0.39 is 0 Å². The summed E-state index contributed by atoms with van der Waals surface area (Å²) in [6.45, 7) is 3.78. The molecule has 0 aliphatic carbocycles. The molecule has 0 aromatic heterocycles. The summed E-state index contributed by atoms with van der Waals surface area (Å²) >= 11 is 0. The second-order valence-corrected chi connectivity index (χ2v) is 5.12. The maximum absolute atomic E-state index is 9.56. The third-order valence-electron chi connectivity index (χ3n) is 3.43. The first-order chi connectivity index (χ1) is 10.6. The number of rotatable bonds is 1. The molecule has 22 heavy (non-hydrogen) atoms. The average Bonchev–Trinajstić information content (AvgIpc) is 2.54. The van der Waals surface area contributed by atoms with E-state index in [2.05, 4.69) is 0 Å². The van der Waals surface area contributed by atoms with Gasteiger partial charge in [-0.2, -0.15) is 0 Å². The molecule has 0 heterocycles. The Morgan fingerprint density at radius 2 is 1.14 bits per heavy atom. The van der Waals surface area contributed by atoms with Gasteiger partial charge in [0.05, 0.1) is 0 Å². The molecule has 0 radical (unpaired) electrons. The van der Waals surface area contributed by atoms with E-state index in [0.717, 1.165) is 22.3 Å². The van der Waals surface area contributed by atoms with E-state index in [1.54, 1.807) is 6.07 Å². The predicted octanol–water partition coefficient (Wildman–Crippen LogP) is 5.07. The summed E-state index contributed by atoms with van der Waals surface area (Å²) in [4.78, 5) is 0. The molecule has 2 nitrogen and oxygen atoms in total. The van der Waals surface area contributed by atoms with E-state index >= 15 is 0 Å². The fourth-order valence-corrected chi connectivity index (χ4v) is 2.14. The Morgan fingerprint density at radius 1 is 0.591 bits per heavy atom. The Labute approximate surface area is 131 Å². The van der Waals surface area contributed by atoms with E-state index in [4.69, 9.17) is 0 Å². The zero-order valence-corrected chi connectivity index (χ0v) is 12.8. The Kier molecular flexibility index (Phi) is 5.21. The van der Waals surface area contributed by atoms with Gasteiger partial charge in [-0.1, -0.05) is 66.7 Å². The average molecular weight is 292 g/mol. The summed E-state index contributed by atoms with van der Waals surface area (Å²) in [7, 11) is 0. The number of benzene rings is 3. The van der Waals surface area contributed by atoms with Crippen molar-refractivity contribution < 1.29 is 10.2 Å². The maximum atomic E-state index is 9.56. The Morgan fingerprint density at radius 3 is 1.68 bits per heavy atom. The van der Waals surface area contributed by atoms with Gasteiger partial charge in [0.2, 0.25) is 0 Å². The second-order valence-electron chi connectivity index (χ2n) is 5.12. The van der Waals surface area contributed by atoms with Gasteiger partial charge in [-0.05, 0) is 36.6 Å². The van der Waals surface area contributed by atoms with Crippen LogP contribution in [0.15, 0.2) is 72.8 Å². The van der Waals surface area contributed by atoms with Crippen LogP contribution in [0.1, 0.15) is 11.1 Å². The van der Waals surface area contributed by atoms with Crippen molar-refractivity contribution in [1.82, 2.24) is 0 Å². The molecule has 3 aromatic carbocycles. The van der Waals surface area contributed by atoms with Gasteiger partial charge < -0.3 is 10.2 Å². The highest BCUT2D eigenvalue weighted by Crippen LogP contribution is 2.27. The number of aromatic hydroxyl groups is 2. The molecule has 0 fully saturated rings. The molecule has 3 aromatic rings. The molecule has 2 heteroatoms. The molecule has 0 saturated heterocycles. The lowest BCUT2D eigenvalue weighted by atomic mass is 10.1. The van der Waals surface area contributed by atoms with Crippen LogP contribution >= 0.6 is 0 Å². The van der Waals surface area contributed by atoms with Crippen molar-refractivity contribution in [3.8, 4) is 22.6 Å². The Hall–Kier alpha value is -2.74. The van der Waals surface area contributed by atoms with E-state index in [9.17, 15) is 10.2 Å². The van der Waals surface area contributed by atoms with Crippen molar-refractivity contribution in [3.05, 3.63) is 83.9 Å². The van der Waals surface area contributed by atoms with Crippen molar-refractivity contribution in [3.63, 3.8) is 0 Å². The van der Waals surface area contributed by atoms with Crippen molar-refractivity contribution in [2.45, 2.75) is 13.8 Å². The van der Waals surface area contributed by atoms with Gasteiger partial charge in [0.1, 0.15) is 11.5 Å². The molecule has 0 amide bonds. The number of phenols is 2. The lowest BCUT2D eigenvalue weighted by molar-refractivity contribution is 0.467. The van der Waals surface area contributed by atoms with Crippen molar-refractivity contribution in [2.24, 2.45) is 0 Å². The molecule has 0 atom stereocenters. The monoisotopic (exact) mass is 292 g/mol. The van der Waals surface area contributed by atoms with Gasteiger partial charge in [-0.15, -0.1) is 0 Å². The smallest absolute Gasteiger partial charge is 0.123 e. The molecule has 0 bridgehead atoms. The first kappa shape index (κ1) is 15.6. The highest BCUT2D eigenvalue weighted by atomic mass is 16.3. The summed E-state index contributed by atoms with van der Waals surface area (Å²) in [5.41, 5.74) is 3.80. The highest BCUT2D eigenvalue weighted by Gasteiger charge is 2.00. The number of para-hydroxylation sites is 2. The van der Waals surface area contributed by atoms with Crippen molar-refractivity contribution in [2.75, 3.05) is 0 Å². The number of aryl methyl sites for hydroxylation is 2. The molecule has 0 spiro atoms. The zero-order valence-electron chi connectivity index (χ0n) is 12.8. The fourth-order valence-electron chi connectivity index (χ4n) is 2.14. The number of hydrogen-bond acceptors (Lipinski definition) is 2. The molecule has 0 unspecified atom stereocenters. The minimum absolute atomic E-state index is 0.328. The van der Waals surface area contributed by atoms with Crippen molar-refractivity contribution >= 4 is 0 Å². The van der Waals surface area contributed by atoms with Crippen LogP contribution < -0.4 is 0 Å². The van der Waals surface area contributed by atoms with E-state index in [1.807, 2.05) is 80.6 Å². The summed E-state index contributed by atoms with van der Waals surface area (Å²) < 4.78 is 0. The molecule has 0 aliphatic rings. The van der Waals surface area contributed by atoms with Crippen LogP contribution in [-0.4, -0.2) is 10.2 Å². The van der Waals surface area contributed by atoms with E-state index in [1.165, 1.54) is 0 Å². The summed E-state index contributed by atoms with van der Waals surface area (Å²) in [5.74, 6) is 0.742. The standard InChI is InChI=1S/C12H10O.C8H10O/c13-12-9-5-4-8-11(12)10-6-2-1-3-7-10;1-6-4-3-5-7(2)8(6)9/h1-9,13H;3-5,9H,1-2H3. The molecular formula is C20H20O2. The molecule has 0 saturated carbocycles. The third kappa shape index (κ3) is 3.89. The van der Waals surface area contributed by atoms with E-state index in [0.29, 0.717) is 11.5 Å². The number of phenolic OH excluding ortho intramolecular Hbond substituents is 2. The first-order valence-electron chi connectivity index (χ1n) is 7.18. The minimum atomic E-state index is 0.328. The SMILES string of the molecule is Cc1cccc(C)c1O.Oc1ccccc1-c1ccccc1. The Balaban J connectivity index is 0.000000172. The van der Waals surface area contributed by atoms with Crippen molar-refractivity contribution in [1.29, 1.82) is 0 Å². The fraction of sp³-hybridized carbons (Fsp3) is 0.100. The van der Waals surface area contributed by atoms with Crippen LogP contribution in [0.2, 0.25) is 0 Å². The highest BCUT2D eigenvalue weighted by molar-refractivity contribution is 5.69. The van der Waals surface area contributed by atoms with Crippen LogP contribution in [0.25, 0.3) is 11.1 Å². The minimum Gasteiger partial charge on any atom is -0.507 e. The van der Waals surface area contributed by atoms with Crippen LogP contribution in [0.3, 0.4) is 0 Å². The quantitative estimate of drug-likeness (QED) is 0.657. The van der Waals surface area contributed by atoms with Crippen LogP contribution in [-0.2, 0) is 0 Å². The van der Waals surface area contributed by atoms with Gasteiger partial charge in [-0.25, -0.2) is 0 Å². The van der Waals surface area contributed by atoms with Gasteiger partial charge >= 0.3 is 0 Å². The van der Waals surface area contributed by atoms with Gasteiger partial charge in [0.15, 0.2) is 0 Å². The van der Waals surface area contributed by atoms with Gasteiger partial charge in [-0.3, -0.25) is 0 Å². The number of hydrogen-bond donors (Lipinski definition) is 2. The molecule has 0 aliphatic heterocycles. The molecular weight excluding hydrogens is 272 g/mol. The predicted molar refractivity (Wildman–Crippen MR) is 91.1 cm³/mol. The van der Waals surface area contributed by atoms with Crippen LogP contribution in [0.4, 0.5) is 0 Å². The normalized spacial score (nSPS) is 9.73. The second kappa shape index (κ2) is 7.32. The zero-order chi connectivity index (χ0) is 15.9. The third-order valence-corrected chi connectivity index (χ3v) is 3.43. The lowest BCUT2D eigenvalue weighted by Gasteiger charge is -2.02. The first-order valence-corrected chi connectivity index (χ1v) is 7.18. The maximum Gasteiger partial charge on any atom is 0.123 e. The largest absolute Gasteiger partial charge is 0.507 e. The molecule has 2 N–H and O–H groups in total. The Bertz CT molecular complexity index is 713. The van der Waals surface area contributed by atoms with Gasteiger partial charge in [0.25, 0.3) is 0 Å². The van der Waals surface area contributed by atoms with Crippen LogP contribution in [0.5, 0.6) is 11.5 Å². The summed E-state index contributed by atoms with van der Waals surface area (Å²) in [6, 6.07) is 22.9. The topological polar surface area (TPSA) is 40.5 Å². The summed E-state index contributed by atoms with van der Waals surface area (Å²) in [5, 5.41) is 18.8. The van der Waals surface area contributed by atoms with Crippen LogP contribution in [0, 0.1) is 13.8 Å². The lowest BCUT2D eigenvalue weighted by Crippen LogP contribution is -1.76. The molecule has 112 valence electrons. The van der Waals surface area contributed by atoms with E-state index in [-0.39, 0.29) is 0 Å². The molecule has 3 rings (SSSR count). The summed E-state index contributed by atoms with van der Waals surface area (Å²) in [6.07, 6.45) is 0. The van der Waals surface area contributed by atoms with Gasteiger partial charge in [0, 0.05) is 5.56 Å².